The minimum atomic E-state index is -1.81. The van der Waals surface area contributed by atoms with Crippen LogP contribution in [0.15, 0.2) is 78.9 Å². The van der Waals surface area contributed by atoms with E-state index in [9.17, 15) is 14.3 Å². The molecule has 1 heterocycles. The molecule has 0 fully saturated rings. The number of anilines is 1. The Labute approximate surface area is 145 Å². The minimum absolute atomic E-state index is 0.361. The zero-order chi connectivity index (χ0) is 17.4. The minimum Gasteiger partial charge on any atom is -0.372 e. The second-order valence-corrected chi connectivity index (χ2v) is 6.11. The molecule has 4 heteroatoms. The Kier molecular flexibility index (Phi) is 3.62. The number of rotatable bonds is 3. The third-order valence-electron chi connectivity index (χ3n) is 4.58. The van der Waals surface area contributed by atoms with Crippen molar-refractivity contribution in [1.29, 1.82) is 0 Å². The summed E-state index contributed by atoms with van der Waals surface area (Å²) in [5.74, 6) is -0.837. The van der Waals surface area contributed by atoms with Gasteiger partial charge in [0.2, 0.25) is 0 Å². The van der Waals surface area contributed by atoms with Gasteiger partial charge < -0.3 is 10.0 Å². The Balaban J connectivity index is 1.82. The maximum atomic E-state index is 13.3. The molecule has 0 spiro atoms. The molecule has 0 aromatic heterocycles. The molecule has 4 rings (SSSR count). The van der Waals surface area contributed by atoms with Crippen molar-refractivity contribution < 1.29 is 14.3 Å². The lowest BCUT2D eigenvalue weighted by Crippen LogP contribution is -2.40. The van der Waals surface area contributed by atoms with Gasteiger partial charge in [-0.25, -0.2) is 4.39 Å². The van der Waals surface area contributed by atoms with Crippen LogP contribution in [0, 0.1) is 5.82 Å². The van der Waals surface area contributed by atoms with Crippen molar-refractivity contribution >= 4 is 11.6 Å². The molecule has 1 aliphatic rings. The monoisotopic (exact) mass is 333 g/mol. The summed E-state index contributed by atoms with van der Waals surface area (Å²) in [5.41, 5.74) is 0.709. The van der Waals surface area contributed by atoms with Gasteiger partial charge in [-0.3, -0.25) is 4.79 Å². The highest BCUT2D eigenvalue weighted by atomic mass is 19.1. The molecule has 3 aromatic carbocycles. The quantitative estimate of drug-likeness (QED) is 0.795. The van der Waals surface area contributed by atoms with E-state index in [1.54, 1.807) is 17.0 Å². The molecule has 0 saturated carbocycles. The molecule has 3 nitrogen and oxygen atoms in total. The summed E-state index contributed by atoms with van der Waals surface area (Å²) in [5, 5.41) is 11.3. The highest BCUT2D eigenvalue weighted by Crippen LogP contribution is 2.44. The second-order valence-electron chi connectivity index (χ2n) is 6.11. The molecule has 1 N–H and O–H groups in total. The first kappa shape index (κ1) is 15.5. The highest BCUT2D eigenvalue weighted by Gasteiger charge is 2.50. The van der Waals surface area contributed by atoms with Gasteiger partial charge >= 0.3 is 0 Å². The summed E-state index contributed by atoms with van der Waals surface area (Å²) >= 11 is 0. The summed E-state index contributed by atoms with van der Waals surface area (Å²) in [6.45, 7) is 0.361. The Hall–Kier alpha value is -2.98. The molecule has 0 radical (unpaired) electrons. The van der Waals surface area contributed by atoms with Crippen molar-refractivity contribution in [3.8, 4) is 0 Å². The van der Waals surface area contributed by atoms with Crippen LogP contribution >= 0.6 is 0 Å². The molecule has 0 saturated heterocycles. The van der Waals surface area contributed by atoms with E-state index in [4.69, 9.17) is 0 Å². The van der Waals surface area contributed by atoms with E-state index in [1.165, 1.54) is 24.3 Å². The summed E-state index contributed by atoms with van der Waals surface area (Å²) in [7, 11) is 0. The fraction of sp³-hybridized carbons (Fsp3) is 0.0952. The lowest BCUT2D eigenvalue weighted by molar-refractivity contribution is -0.132. The van der Waals surface area contributed by atoms with Gasteiger partial charge in [-0.15, -0.1) is 0 Å². The van der Waals surface area contributed by atoms with Gasteiger partial charge in [0.15, 0.2) is 5.60 Å². The van der Waals surface area contributed by atoms with E-state index in [2.05, 4.69) is 0 Å². The van der Waals surface area contributed by atoms with Gasteiger partial charge in [-0.2, -0.15) is 0 Å². The third kappa shape index (κ3) is 2.42. The number of fused-ring (bicyclic) bond motifs is 1. The number of hydrogen-bond acceptors (Lipinski definition) is 2. The van der Waals surface area contributed by atoms with Gasteiger partial charge in [0, 0.05) is 5.56 Å². The van der Waals surface area contributed by atoms with E-state index in [1.807, 2.05) is 42.5 Å². The second kappa shape index (κ2) is 5.83. The molecule has 1 atom stereocenters. The van der Waals surface area contributed by atoms with Crippen LogP contribution in [0.1, 0.15) is 16.7 Å². The fourth-order valence-corrected chi connectivity index (χ4v) is 3.33. The largest absolute Gasteiger partial charge is 0.372 e. The number of halogens is 1. The van der Waals surface area contributed by atoms with E-state index >= 15 is 0 Å². The Morgan fingerprint density at radius 1 is 0.880 bits per heavy atom. The first-order valence-corrected chi connectivity index (χ1v) is 8.04. The summed E-state index contributed by atoms with van der Waals surface area (Å²) in [6, 6.07) is 22.2. The van der Waals surface area contributed by atoms with Crippen LogP contribution in [0.3, 0.4) is 0 Å². The van der Waals surface area contributed by atoms with Crippen molar-refractivity contribution in [3.05, 3.63) is 101 Å². The first-order chi connectivity index (χ1) is 12.1. The lowest BCUT2D eigenvalue weighted by Gasteiger charge is -2.24. The van der Waals surface area contributed by atoms with Crippen LogP contribution in [0.25, 0.3) is 0 Å². The Bertz CT molecular complexity index is 924. The normalized spacial score (nSPS) is 19.1. The molecule has 0 unspecified atom stereocenters. The number of hydrogen-bond donors (Lipinski definition) is 1. The highest BCUT2D eigenvalue weighted by molar-refractivity contribution is 6.09. The van der Waals surface area contributed by atoms with Gasteiger partial charge in [-0.1, -0.05) is 60.7 Å². The van der Waals surface area contributed by atoms with Gasteiger partial charge in [0.25, 0.3) is 5.91 Å². The van der Waals surface area contributed by atoms with Crippen LogP contribution in [-0.2, 0) is 16.9 Å². The van der Waals surface area contributed by atoms with Crippen molar-refractivity contribution in [2.24, 2.45) is 0 Å². The topological polar surface area (TPSA) is 40.5 Å². The van der Waals surface area contributed by atoms with Gasteiger partial charge in [-0.05, 0) is 29.3 Å². The Morgan fingerprint density at radius 2 is 1.52 bits per heavy atom. The number of carbonyl (C=O) groups is 1. The molecule has 0 aliphatic carbocycles. The summed E-state index contributed by atoms with van der Waals surface area (Å²) in [6.07, 6.45) is 0. The number of amides is 1. The number of para-hydroxylation sites is 1. The Morgan fingerprint density at radius 3 is 2.24 bits per heavy atom. The number of nitrogens with zero attached hydrogens (tertiary/aromatic N) is 1. The van der Waals surface area contributed by atoms with Crippen LogP contribution in [0.4, 0.5) is 10.1 Å². The molecule has 0 bridgehead atoms. The van der Waals surface area contributed by atoms with Crippen LogP contribution < -0.4 is 4.90 Å². The van der Waals surface area contributed by atoms with Crippen LogP contribution in [-0.4, -0.2) is 11.0 Å². The zero-order valence-electron chi connectivity index (χ0n) is 13.4. The maximum Gasteiger partial charge on any atom is 0.268 e. The molecular weight excluding hydrogens is 317 g/mol. The molecular formula is C21H16FNO2. The zero-order valence-corrected chi connectivity index (χ0v) is 13.4. The van der Waals surface area contributed by atoms with Crippen molar-refractivity contribution in [1.82, 2.24) is 0 Å². The molecule has 25 heavy (non-hydrogen) atoms. The van der Waals surface area contributed by atoms with Crippen LogP contribution in [0.2, 0.25) is 0 Å². The number of carbonyl (C=O) groups excluding carboxylic acids is 1. The molecule has 3 aromatic rings. The van der Waals surface area contributed by atoms with E-state index in [0.29, 0.717) is 23.4 Å². The van der Waals surface area contributed by atoms with Crippen molar-refractivity contribution in [2.45, 2.75) is 12.1 Å². The predicted octanol–water partition coefficient (Wildman–Crippen LogP) is 3.61. The fourth-order valence-electron chi connectivity index (χ4n) is 3.33. The average Bonchev–Trinajstić information content (AvgIpc) is 2.86. The smallest absolute Gasteiger partial charge is 0.268 e. The molecule has 1 aliphatic heterocycles. The standard InChI is InChI=1S/C21H16FNO2/c22-17-12-10-16(11-13-17)21(25)18-8-4-5-9-19(18)23(20(21)24)14-15-6-2-1-3-7-15/h1-13,25H,14H2/t21-/m0/s1. The third-order valence-corrected chi connectivity index (χ3v) is 4.58. The van der Waals surface area contributed by atoms with Crippen LogP contribution in [0.5, 0.6) is 0 Å². The molecule has 124 valence electrons. The SMILES string of the molecule is O=C1N(Cc2ccccc2)c2ccccc2[C@@]1(O)c1ccc(F)cc1. The maximum absolute atomic E-state index is 13.3. The van der Waals surface area contributed by atoms with E-state index in [0.717, 1.165) is 5.56 Å². The average molecular weight is 333 g/mol. The first-order valence-electron chi connectivity index (χ1n) is 8.04. The summed E-state index contributed by atoms with van der Waals surface area (Å²) < 4.78 is 13.3. The number of benzene rings is 3. The van der Waals surface area contributed by atoms with E-state index < -0.39 is 17.3 Å². The van der Waals surface area contributed by atoms with Crippen molar-refractivity contribution in [3.63, 3.8) is 0 Å². The van der Waals surface area contributed by atoms with E-state index in [-0.39, 0.29) is 0 Å². The van der Waals surface area contributed by atoms with Gasteiger partial charge in [0.1, 0.15) is 5.82 Å². The summed E-state index contributed by atoms with van der Waals surface area (Å²) in [4.78, 5) is 14.7. The molecule has 1 amide bonds. The van der Waals surface area contributed by atoms with Gasteiger partial charge in [0.05, 0.1) is 12.2 Å². The predicted molar refractivity (Wildman–Crippen MR) is 93.5 cm³/mol. The van der Waals surface area contributed by atoms with Crippen molar-refractivity contribution in [2.75, 3.05) is 4.90 Å². The lowest BCUT2D eigenvalue weighted by atomic mass is 9.87. The number of aliphatic hydroxyl groups is 1.